The molecule has 4 nitrogen and oxygen atoms in total. The van der Waals surface area contributed by atoms with E-state index in [4.69, 9.17) is 0 Å². The fourth-order valence-corrected chi connectivity index (χ4v) is 6.80. The first-order valence-electron chi connectivity index (χ1n) is 14.3. The summed E-state index contributed by atoms with van der Waals surface area (Å²) in [5, 5.41) is 0. The second kappa shape index (κ2) is 12.2. The number of carbonyl (C=O) groups excluding carboxylic acids is 2. The number of piperidine rings is 1. The third kappa shape index (κ3) is 6.31. The summed E-state index contributed by atoms with van der Waals surface area (Å²) in [6, 6.07) is 34.7. The normalized spacial score (nSPS) is 16.6. The lowest BCUT2D eigenvalue weighted by Crippen LogP contribution is -2.39. The molecule has 0 atom stereocenters. The Morgan fingerprint density at radius 3 is 2.29 bits per heavy atom. The van der Waals surface area contributed by atoms with Crippen molar-refractivity contribution in [1.29, 1.82) is 0 Å². The average Bonchev–Trinajstić information content (AvgIpc) is 3.00. The number of likely N-dealkylation sites (tertiary alicyclic amines) is 1. The van der Waals surface area contributed by atoms with Crippen molar-refractivity contribution in [3.8, 4) is 0 Å². The minimum Gasteiger partial charge on any atom is -0.339 e. The fraction of sp³-hybridized carbons (Fsp3) is 0.222. The molecule has 206 valence electrons. The Bertz CT molecular complexity index is 1570. The van der Waals surface area contributed by atoms with E-state index in [-0.39, 0.29) is 11.8 Å². The van der Waals surface area contributed by atoms with E-state index in [2.05, 4.69) is 55.5 Å². The number of amides is 2. The highest BCUT2D eigenvalue weighted by molar-refractivity contribution is 8.04. The van der Waals surface area contributed by atoms with E-state index in [0.29, 0.717) is 22.9 Å². The molecule has 0 N–H and O–H groups in total. The first kappa shape index (κ1) is 27.1. The monoisotopic (exact) mass is 558 g/mol. The summed E-state index contributed by atoms with van der Waals surface area (Å²) in [5.41, 5.74) is 6.02. The van der Waals surface area contributed by atoms with Crippen LogP contribution in [-0.4, -0.2) is 29.8 Å². The molecule has 2 aliphatic rings. The molecule has 0 aromatic heterocycles. The number of thioether (sulfide) groups is 1. The van der Waals surface area contributed by atoms with Crippen LogP contribution in [0, 0.1) is 12.8 Å². The molecule has 0 bridgehead atoms. The van der Waals surface area contributed by atoms with Crippen molar-refractivity contribution in [2.24, 2.45) is 5.92 Å². The maximum atomic E-state index is 13.9. The highest BCUT2D eigenvalue weighted by atomic mass is 32.2. The second-order valence-electron chi connectivity index (χ2n) is 11.0. The van der Waals surface area contributed by atoms with Crippen molar-refractivity contribution in [2.45, 2.75) is 37.6 Å². The largest absolute Gasteiger partial charge is 0.339 e. The topological polar surface area (TPSA) is 40.6 Å². The van der Waals surface area contributed by atoms with E-state index >= 15 is 0 Å². The number of aryl methyl sites for hydroxylation is 1. The zero-order valence-electron chi connectivity index (χ0n) is 23.3. The minimum atomic E-state index is -0.0424. The van der Waals surface area contributed by atoms with Crippen LogP contribution in [0.5, 0.6) is 0 Å². The van der Waals surface area contributed by atoms with Gasteiger partial charge in [-0.05, 0) is 73.1 Å². The lowest BCUT2D eigenvalue weighted by atomic mass is 9.90. The molecule has 4 aromatic carbocycles. The molecule has 1 fully saturated rings. The predicted octanol–water partition coefficient (Wildman–Crippen LogP) is 7.77. The molecule has 0 unspecified atom stereocenters. The SMILES string of the molecule is Cc1cccc(CN2C(=O)C(=Cc3ccccc3)Sc3ccc(C(=O)N4CCC(Cc5ccccc5)CC4)cc32)c1. The molecule has 0 radical (unpaired) electrons. The van der Waals surface area contributed by atoms with Gasteiger partial charge in [0.15, 0.2) is 0 Å². The number of nitrogens with zero attached hydrogens (tertiary/aromatic N) is 2. The highest BCUT2D eigenvalue weighted by Crippen LogP contribution is 2.43. The van der Waals surface area contributed by atoms with Crippen LogP contribution in [0.25, 0.3) is 6.08 Å². The first-order valence-corrected chi connectivity index (χ1v) is 15.1. The van der Waals surface area contributed by atoms with Crippen molar-refractivity contribution >= 4 is 35.3 Å². The Kier molecular flexibility index (Phi) is 8.06. The molecule has 0 spiro atoms. The number of fused-ring (bicyclic) bond motifs is 1. The summed E-state index contributed by atoms with van der Waals surface area (Å²) >= 11 is 1.48. The summed E-state index contributed by atoms with van der Waals surface area (Å²) in [5.74, 6) is 0.599. The molecule has 2 amide bonds. The van der Waals surface area contributed by atoms with Crippen LogP contribution >= 0.6 is 11.8 Å². The van der Waals surface area contributed by atoms with Gasteiger partial charge in [0.05, 0.1) is 17.1 Å². The Balaban J connectivity index is 1.24. The van der Waals surface area contributed by atoms with Crippen LogP contribution in [0.4, 0.5) is 5.69 Å². The average molecular weight is 559 g/mol. The van der Waals surface area contributed by atoms with Crippen LogP contribution in [0.3, 0.4) is 0 Å². The molecule has 0 aliphatic carbocycles. The lowest BCUT2D eigenvalue weighted by molar-refractivity contribution is -0.114. The predicted molar refractivity (Wildman–Crippen MR) is 168 cm³/mol. The van der Waals surface area contributed by atoms with Crippen LogP contribution in [-0.2, 0) is 17.8 Å². The van der Waals surface area contributed by atoms with E-state index in [1.807, 2.05) is 70.5 Å². The minimum absolute atomic E-state index is 0.0424. The third-order valence-electron chi connectivity index (χ3n) is 7.96. The number of rotatable bonds is 6. The van der Waals surface area contributed by atoms with Gasteiger partial charge in [0.2, 0.25) is 0 Å². The standard InChI is InChI=1S/C36H34N2O2S/c1-26-9-8-14-30(21-26)25-38-32-24-31(15-16-33(32)41-34(36(38)40)23-28-12-6-3-7-13-28)35(39)37-19-17-29(18-20-37)22-27-10-4-2-5-11-27/h2-16,21,23-24,29H,17-20,22,25H2,1H3. The molecule has 4 aromatic rings. The Morgan fingerprint density at radius 1 is 0.854 bits per heavy atom. The van der Waals surface area contributed by atoms with Gasteiger partial charge in [-0.3, -0.25) is 9.59 Å². The van der Waals surface area contributed by atoms with Crippen molar-refractivity contribution in [1.82, 2.24) is 4.90 Å². The van der Waals surface area contributed by atoms with Crippen molar-refractivity contribution < 1.29 is 9.59 Å². The van der Waals surface area contributed by atoms with Gasteiger partial charge in [0, 0.05) is 23.5 Å². The smallest absolute Gasteiger partial charge is 0.265 e. The maximum Gasteiger partial charge on any atom is 0.265 e. The molecule has 2 heterocycles. The molecule has 1 saturated heterocycles. The van der Waals surface area contributed by atoms with Crippen molar-refractivity contribution in [3.05, 3.63) is 136 Å². The summed E-state index contributed by atoms with van der Waals surface area (Å²) < 4.78 is 0. The fourth-order valence-electron chi connectivity index (χ4n) is 5.76. The third-order valence-corrected chi connectivity index (χ3v) is 9.04. The Hall–Kier alpha value is -4.09. The molecule has 2 aliphatic heterocycles. The zero-order chi connectivity index (χ0) is 28.2. The summed E-state index contributed by atoms with van der Waals surface area (Å²) in [4.78, 5) is 33.0. The van der Waals surface area contributed by atoms with E-state index in [9.17, 15) is 9.59 Å². The van der Waals surface area contributed by atoms with Crippen molar-refractivity contribution in [2.75, 3.05) is 18.0 Å². The first-order chi connectivity index (χ1) is 20.0. The van der Waals surface area contributed by atoms with E-state index in [1.54, 1.807) is 0 Å². The second-order valence-corrected chi connectivity index (χ2v) is 12.1. The maximum absolute atomic E-state index is 13.9. The van der Waals surface area contributed by atoms with Gasteiger partial charge in [-0.25, -0.2) is 0 Å². The molecular weight excluding hydrogens is 524 g/mol. The summed E-state index contributed by atoms with van der Waals surface area (Å²) in [6.07, 6.45) is 5.03. The van der Waals surface area contributed by atoms with Crippen LogP contribution in [0.15, 0.2) is 113 Å². The van der Waals surface area contributed by atoms with E-state index < -0.39 is 0 Å². The lowest BCUT2D eigenvalue weighted by Gasteiger charge is -2.33. The highest BCUT2D eigenvalue weighted by Gasteiger charge is 2.31. The van der Waals surface area contributed by atoms with Gasteiger partial charge >= 0.3 is 0 Å². The number of hydrogen-bond donors (Lipinski definition) is 0. The van der Waals surface area contributed by atoms with Gasteiger partial charge < -0.3 is 9.80 Å². The van der Waals surface area contributed by atoms with Gasteiger partial charge in [-0.1, -0.05) is 102 Å². The number of benzene rings is 4. The summed E-state index contributed by atoms with van der Waals surface area (Å²) in [7, 11) is 0. The van der Waals surface area contributed by atoms with Gasteiger partial charge in [-0.15, -0.1) is 0 Å². The molecule has 41 heavy (non-hydrogen) atoms. The van der Waals surface area contributed by atoms with Crippen LogP contribution in [0.1, 0.15) is 45.5 Å². The van der Waals surface area contributed by atoms with E-state index in [0.717, 1.165) is 59.6 Å². The van der Waals surface area contributed by atoms with Gasteiger partial charge in [-0.2, -0.15) is 0 Å². The number of hydrogen-bond acceptors (Lipinski definition) is 3. The Labute approximate surface area is 246 Å². The zero-order valence-corrected chi connectivity index (χ0v) is 24.1. The van der Waals surface area contributed by atoms with Gasteiger partial charge in [0.25, 0.3) is 11.8 Å². The Morgan fingerprint density at radius 2 is 1.56 bits per heavy atom. The van der Waals surface area contributed by atoms with Crippen molar-refractivity contribution in [3.63, 3.8) is 0 Å². The molecule has 6 rings (SSSR count). The number of anilines is 1. The summed E-state index contributed by atoms with van der Waals surface area (Å²) in [6.45, 7) is 4.03. The van der Waals surface area contributed by atoms with Crippen LogP contribution < -0.4 is 4.90 Å². The molecule has 0 saturated carbocycles. The quantitative estimate of drug-likeness (QED) is 0.227. The molecule has 5 heteroatoms. The van der Waals surface area contributed by atoms with Gasteiger partial charge in [0.1, 0.15) is 0 Å². The van der Waals surface area contributed by atoms with E-state index in [1.165, 1.54) is 17.3 Å². The number of carbonyl (C=O) groups is 2. The van der Waals surface area contributed by atoms with Crippen LogP contribution in [0.2, 0.25) is 0 Å². The molecular formula is C36H34N2O2S.